The maximum Gasteiger partial charge on any atom is 0.170 e. The van der Waals surface area contributed by atoms with Gasteiger partial charge < -0.3 is 10.1 Å². The fourth-order valence-corrected chi connectivity index (χ4v) is 1.75. The summed E-state index contributed by atoms with van der Waals surface area (Å²) >= 11 is 0. The molecule has 0 unspecified atom stereocenters. The number of rotatable bonds is 3. The van der Waals surface area contributed by atoms with Crippen LogP contribution in [0.1, 0.15) is 17.3 Å². The summed E-state index contributed by atoms with van der Waals surface area (Å²) in [6.45, 7) is 4.63. The Balaban J connectivity index is 2.04. The van der Waals surface area contributed by atoms with Crippen molar-refractivity contribution in [3.63, 3.8) is 0 Å². The molecule has 4 nitrogen and oxygen atoms in total. The summed E-state index contributed by atoms with van der Waals surface area (Å²) in [7, 11) is 0. The number of carbonyl (C=O) groups is 1. The second kappa shape index (κ2) is 4.63. The Morgan fingerprint density at radius 1 is 1.31 bits per heavy atom. The van der Waals surface area contributed by atoms with E-state index in [4.69, 9.17) is 4.74 Å². The highest BCUT2D eigenvalue weighted by Crippen LogP contribution is 2.17. The Hall–Kier alpha value is -1.39. The number of benzene rings is 1. The van der Waals surface area contributed by atoms with E-state index < -0.39 is 0 Å². The number of nitrogens with one attached hydrogen (secondary N) is 2. The van der Waals surface area contributed by atoms with Crippen molar-refractivity contribution >= 4 is 6.29 Å². The van der Waals surface area contributed by atoms with Gasteiger partial charge in [-0.3, -0.25) is 10.1 Å². The second-order valence-electron chi connectivity index (χ2n) is 4.12. The predicted octanol–water partition coefficient (Wildman–Crippen LogP) is 0.787. The van der Waals surface area contributed by atoms with E-state index in [9.17, 15) is 4.79 Å². The van der Waals surface area contributed by atoms with Gasteiger partial charge in [-0.15, -0.1) is 0 Å². The van der Waals surface area contributed by atoms with Gasteiger partial charge in [-0.2, -0.15) is 0 Å². The van der Waals surface area contributed by atoms with Crippen LogP contribution in [0.2, 0.25) is 0 Å². The molecule has 16 heavy (non-hydrogen) atoms. The lowest BCUT2D eigenvalue weighted by molar-refractivity contribution is 0.0381. The van der Waals surface area contributed by atoms with Crippen LogP contribution < -0.4 is 15.4 Å². The van der Waals surface area contributed by atoms with Gasteiger partial charge in [0.2, 0.25) is 0 Å². The van der Waals surface area contributed by atoms with Gasteiger partial charge in [-0.1, -0.05) is 0 Å². The molecule has 0 radical (unpaired) electrons. The van der Waals surface area contributed by atoms with Crippen molar-refractivity contribution < 1.29 is 9.53 Å². The van der Waals surface area contributed by atoms with Crippen LogP contribution in [-0.2, 0) is 0 Å². The fraction of sp³-hybridized carbons (Fsp3) is 0.417. The van der Waals surface area contributed by atoms with Crippen LogP contribution in [0.4, 0.5) is 0 Å². The van der Waals surface area contributed by atoms with Crippen LogP contribution in [0.3, 0.4) is 0 Å². The highest BCUT2D eigenvalue weighted by molar-refractivity contribution is 5.74. The SMILES string of the molecule is C[C@]1(Oc2ccc(C=O)cc2)CNCCN1. The van der Waals surface area contributed by atoms with Gasteiger partial charge >= 0.3 is 0 Å². The quantitative estimate of drug-likeness (QED) is 0.739. The van der Waals surface area contributed by atoms with E-state index >= 15 is 0 Å². The van der Waals surface area contributed by atoms with Crippen LogP contribution in [-0.4, -0.2) is 31.6 Å². The molecule has 0 amide bonds. The van der Waals surface area contributed by atoms with Crippen molar-refractivity contribution in [2.45, 2.75) is 12.6 Å². The van der Waals surface area contributed by atoms with Crippen molar-refractivity contribution in [1.29, 1.82) is 0 Å². The molecule has 1 aliphatic rings. The molecule has 0 aliphatic carbocycles. The van der Waals surface area contributed by atoms with E-state index in [0.717, 1.165) is 31.7 Å². The molecule has 4 heteroatoms. The number of hydrogen-bond acceptors (Lipinski definition) is 4. The third-order valence-electron chi connectivity index (χ3n) is 2.62. The summed E-state index contributed by atoms with van der Waals surface area (Å²) in [5.41, 5.74) is 0.285. The van der Waals surface area contributed by atoms with Crippen LogP contribution in [0.25, 0.3) is 0 Å². The Bertz CT molecular complexity index is 356. The maximum atomic E-state index is 10.5. The minimum atomic E-state index is -0.374. The first-order chi connectivity index (χ1) is 7.72. The molecule has 0 spiro atoms. The van der Waals surface area contributed by atoms with Gasteiger partial charge in [0, 0.05) is 25.2 Å². The summed E-state index contributed by atoms with van der Waals surface area (Å²) < 4.78 is 5.85. The van der Waals surface area contributed by atoms with Crippen molar-refractivity contribution in [3.8, 4) is 5.75 Å². The predicted molar refractivity (Wildman–Crippen MR) is 61.7 cm³/mol. The summed E-state index contributed by atoms with van der Waals surface area (Å²) in [6, 6.07) is 7.13. The molecule has 2 rings (SSSR count). The van der Waals surface area contributed by atoms with Crippen LogP contribution in [0.5, 0.6) is 5.75 Å². The molecule has 1 atom stereocenters. The smallest absolute Gasteiger partial charge is 0.170 e. The molecule has 1 heterocycles. The van der Waals surface area contributed by atoms with E-state index in [1.54, 1.807) is 12.1 Å². The Labute approximate surface area is 95.0 Å². The van der Waals surface area contributed by atoms with Crippen molar-refractivity contribution in [3.05, 3.63) is 29.8 Å². The van der Waals surface area contributed by atoms with Gasteiger partial charge in [0.05, 0.1) is 0 Å². The number of carbonyl (C=O) groups excluding carboxylic acids is 1. The average Bonchev–Trinajstić information content (AvgIpc) is 2.30. The lowest BCUT2D eigenvalue weighted by Gasteiger charge is -2.35. The van der Waals surface area contributed by atoms with E-state index in [-0.39, 0.29) is 5.72 Å². The minimum Gasteiger partial charge on any atom is -0.472 e. The summed E-state index contributed by atoms with van der Waals surface area (Å²) in [6.07, 6.45) is 0.825. The molecule has 86 valence electrons. The van der Waals surface area contributed by atoms with Crippen molar-refractivity contribution in [1.82, 2.24) is 10.6 Å². The molecule has 1 fully saturated rings. The maximum absolute atomic E-state index is 10.5. The van der Waals surface area contributed by atoms with Crippen LogP contribution in [0.15, 0.2) is 24.3 Å². The molecule has 1 aliphatic heterocycles. The van der Waals surface area contributed by atoms with E-state index in [1.165, 1.54) is 0 Å². The zero-order chi connectivity index (χ0) is 11.4. The summed E-state index contributed by atoms with van der Waals surface area (Å²) in [5.74, 6) is 0.768. The molecule has 0 saturated carbocycles. The molecular weight excluding hydrogens is 204 g/mol. The Morgan fingerprint density at radius 2 is 2.06 bits per heavy atom. The molecule has 1 saturated heterocycles. The molecular formula is C12H16N2O2. The fourth-order valence-electron chi connectivity index (χ4n) is 1.75. The lowest BCUT2D eigenvalue weighted by Crippen LogP contribution is -2.60. The summed E-state index contributed by atoms with van der Waals surface area (Å²) in [4.78, 5) is 10.5. The zero-order valence-electron chi connectivity index (χ0n) is 9.32. The first-order valence-electron chi connectivity index (χ1n) is 5.42. The van der Waals surface area contributed by atoms with E-state index in [1.807, 2.05) is 19.1 Å². The zero-order valence-corrected chi connectivity index (χ0v) is 9.32. The first kappa shape index (κ1) is 11.1. The monoisotopic (exact) mass is 220 g/mol. The highest BCUT2D eigenvalue weighted by Gasteiger charge is 2.27. The van der Waals surface area contributed by atoms with Crippen LogP contribution >= 0.6 is 0 Å². The second-order valence-corrected chi connectivity index (χ2v) is 4.12. The van der Waals surface area contributed by atoms with Gasteiger partial charge in [0.25, 0.3) is 0 Å². The average molecular weight is 220 g/mol. The molecule has 0 bridgehead atoms. The van der Waals surface area contributed by atoms with Gasteiger partial charge in [0.1, 0.15) is 12.0 Å². The van der Waals surface area contributed by atoms with Gasteiger partial charge in [-0.05, 0) is 31.2 Å². The van der Waals surface area contributed by atoms with Gasteiger partial charge in [-0.25, -0.2) is 0 Å². The minimum absolute atomic E-state index is 0.374. The Morgan fingerprint density at radius 3 is 2.62 bits per heavy atom. The van der Waals surface area contributed by atoms with Crippen molar-refractivity contribution in [2.24, 2.45) is 0 Å². The normalized spacial score (nSPS) is 25.1. The first-order valence-corrected chi connectivity index (χ1v) is 5.42. The Kier molecular flexibility index (Phi) is 3.22. The third kappa shape index (κ3) is 2.59. The number of ether oxygens (including phenoxy) is 1. The standard InChI is InChI=1S/C12H16N2O2/c1-12(9-13-6-7-14-12)16-11-4-2-10(8-15)3-5-11/h2-5,8,13-14H,6-7,9H2,1H3/t12-/m0/s1. The molecule has 0 aromatic heterocycles. The molecule has 2 N–H and O–H groups in total. The lowest BCUT2D eigenvalue weighted by atomic mass is 10.2. The van der Waals surface area contributed by atoms with Crippen LogP contribution in [0, 0.1) is 0 Å². The van der Waals surface area contributed by atoms with Gasteiger partial charge in [0.15, 0.2) is 5.72 Å². The number of hydrogen-bond donors (Lipinski definition) is 2. The molecule has 1 aromatic rings. The topological polar surface area (TPSA) is 50.4 Å². The summed E-state index contributed by atoms with van der Waals surface area (Å²) in [5, 5.41) is 6.59. The number of aldehydes is 1. The van der Waals surface area contributed by atoms with E-state index in [0.29, 0.717) is 5.56 Å². The number of piperazine rings is 1. The van der Waals surface area contributed by atoms with E-state index in [2.05, 4.69) is 10.6 Å². The van der Waals surface area contributed by atoms with Crippen molar-refractivity contribution in [2.75, 3.05) is 19.6 Å². The molecule has 1 aromatic carbocycles. The largest absolute Gasteiger partial charge is 0.472 e. The highest BCUT2D eigenvalue weighted by atomic mass is 16.5. The third-order valence-corrected chi connectivity index (χ3v) is 2.62.